The third-order valence-corrected chi connectivity index (χ3v) is 5.75. The van der Waals surface area contributed by atoms with Gasteiger partial charge in [-0.25, -0.2) is 0 Å². The molecule has 3 rings (SSSR count). The van der Waals surface area contributed by atoms with Crippen molar-refractivity contribution in [3.05, 3.63) is 23.7 Å². The van der Waals surface area contributed by atoms with Gasteiger partial charge in [0.05, 0.1) is 18.0 Å². The maximum absolute atomic E-state index is 12.1. The van der Waals surface area contributed by atoms with E-state index in [4.69, 9.17) is 4.42 Å². The predicted molar refractivity (Wildman–Crippen MR) is 92.5 cm³/mol. The van der Waals surface area contributed by atoms with Crippen LogP contribution in [0.3, 0.4) is 0 Å². The van der Waals surface area contributed by atoms with E-state index in [1.54, 1.807) is 38.2 Å². The first-order valence-electron chi connectivity index (χ1n) is 8.77. The SMILES string of the molecule is CN(C)C(=O)c1ccc(CN2CCC3(CC2)C(C(=O)O)CC(=O)N3C)o1. The Morgan fingerprint density at radius 2 is 1.96 bits per heavy atom. The minimum absolute atomic E-state index is 0.0834. The molecule has 2 aliphatic rings. The normalized spacial score (nSPS) is 22.8. The quantitative estimate of drug-likeness (QED) is 0.853. The van der Waals surface area contributed by atoms with Crippen molar-refractivity contribution in [1.82, 2.24) is 14.7 Å². The molecule has 1 unspecified atom stereocenters. The van der Waals surface area contributed by atoms with Crippen LogP contribution >= 0.6 is 0 Å². The molecule has 1 aromatic rings. The number of aliphatic carboxylic acids is 1. The van der Waals surface area contributed by atoms with Gasteiger partial charge < -0.3 is 19.3 Å². The first kappa shape index (κ1) is 18.4. The zero-order valence-corrected chi connectivity index (χ0v) is 15.4. The third-order valence-electron chi connectivity index (χ3n) is 5.75. The van der Waals surface area contributed by atoms with Crippen LogP contribution in [0.2, 0.25) is 0 Å². The number of nitrogens with zero attached hydrogens (tertiary/aromatic N) is 3. The zero-order chi connectivity index (χ0) is 19.1. The molecule has 8 nitrogen and oxygen atoms in total. The number of rotatable bonds is 4. The number of piperidine rings is 1. The molecule has 2 aliphatic heterocycles. The van der Waals surface area contributed by atoms with Gasteiger partial charge in [-0.05, 0) is 25.0 Å². The maximum Gasteiger partial charge on any atom is 0.309 e. The molecular weight excluding hydrogens is 338 g/mol. The second kappa shape index (κ2) is 6.75. The van der Waals surface area contributed by atoms with Gasteiger partial charge in [0.15, 0.2) is 5.76 Å². The summed E-state index contributed by atoms with van der Waals surface area (Å²) < 4.78 is 5.63. The van der Waals surface area contributed by atoms with E-state index in [9.17, 15) is 19.5 Å². The molecule has 1 spiro atoms. The molecule has 1 atom stereocenters. The lowest BCUT2D eigenvalue weighted by Gasteiger charge is -2.45. The summed E-state index contributed by atoms with van der Waals surface area (Å²) in [6, 6.07) is 3.47. The van der Waals surface area contributed by atoms with Gasteiger partial charge in [-0.3, -0.25) is 19.3 Å². The molecule has 0 aromatic carbocycles. The lowest BCUT2D eigenvalue weighted by atomic mass is 9.77. The second-order valence-electron chi connectivity index (χ2n) is 7.39. The van der Waals surface area contributed by atoms with Crippen LogP contribution in [0.15, 0.2) is 16.5 Å². The minimum atomic E-state index is -0.894. The minimum Gasteiger partial charge on any atom is -0.481 e. The molecule has 0 saturated carbocycles. The summed E-state index contributed by atoms with van der Waals surface area (Å²) in [6.45, 7) is 1.92. The van der Waals surface area contributed by atoms with E-state index in [0.29, 0.717) is 44.0 Å². The Labute approximate surface area is 152 Å². The van der Waals surface area contributed by atoms with Crippen molar-refractivity contribution >= 4 is 17.8 Å². The molecule has 2 fully saturated rings. The lowest BCUT2D eigenvalue weighted by molar-refractivity contribution is -0.146. The molecule has 0 radical (unpaired) electrons. The largest absolute Gasteiger partial charge is 0.481 e. The van der Waals surface area contributed by atoms with Crippen molar-refractivity contribution in [2.45, 2.75) is 31.3 Å². The molecule has 142 valence electrons. The fourth-order valence-corrected chi connectivity index (χ4v) is 4.10. The highest BCUT2D eigenvalue weighted by molar-refractivity contribution is 5.91. The fraction of sp³-hybridized carbons (Fsp3) is 0.611. The molecule has 0 bridgehead atoms. The van der Waals surface area contributed by atoms with Gasteiger partial charge in [0.1, 0.15) is 5.76 Å². The van der Waals surface area contributed by atoms with Crippen LogP contribution < -0.4 is 0 Å². The summed E-state index contributed by atoms with van der Waals surface area (Å²) >= 11 is 0. The van der Waals surface area contributed by atoms with Crippen molar-refractivity contribution in [1.29, 1.82) is 0 Å². The van der Waals surface area contributed by atoms with Crippen LogP contribution in [-0.2, 0) is 16.1 Å². The van der Waals surface area contributed by atoms with Crippen LogP contribution in [0, 0.1) is 5.92 Å². The number of carboxylic acid groups (broad SMARTS) is 1. The topological polar surface area (TPSA) is 94.3 Å². The lowest BCUT2D eigenvalue weighted by Crippen LogP contribution is -2.55. The Hall–Kier alpha value is -2.35. The maximum atomic E-state index is 12.1. The Morgan fingerprint density at radius 1 is 1.31 bits per heavy atom. The van der Waals surface area contributed by atoms with Crippen molar-refractivity contribution in [2.75, 3.05) is 34.2 Å². The van der Waals surface area contributed by atoms with Crippen LogP contribution in [-0.4, -0.2) is 77.4 Å². The van der Waals surface area contributed by atoms with Crippen molar-refractivity contribution < 1.29 is 23.9 Å². The molecule has 2 amide bonds. The standard InChI is InChI=1S/C18H25N3O5/c1-19(2)16(23)14-5-4-12(26-14)11-21-8-6-18(7-9-21)13(17(24)25)10-15(22)20(18)3/h4-5,13H,6-11H2,1-3H3,(H,24,25). The zero-order valence-electron chi connectivity index (χ0n) is 15.4. The van der Waals surface area contributed by atoms with Gasteiger partial charge in [0.25, 0.3) is 5.91 Å². The summed E-state index contributed by atoms with van der Waals surface area (Å²) in [5.74, 6) is -0.792. The summed E-state index contributed by atoms with van der Waals surface area (Å²) in [5.41, 5.74) is -0.589. The number of carboxylic acids is 1. The summed E-state index contributed by atoms with van der Waals surface area (Å²) in [6.07, 6.45) is 1.33. The average Bonchev–Trinajstić information content (AvgIpc) is 3.15. The molecule has 3 heterocycles. The highest BCUT2D eigenvalue weighted by Crippen LogP contribution is 2.43. The summed E-state index contributed by atoms with van der Waals surface area (Å²) in [4.78, 5) is 40.9. The van der Waals surface area contributed by atoms with E-state index in [0.717, 1.165) is 0 Å². The van der Waals surface area contributed by atoms with Crippen LogP contribution in [0.25, 0.3) is 0 Å². The van der Waals surface area contributed by atoms with Gasteiger partial charge in [0, 0.05) is 40.7 Å². The Kier molecular flexibility index (Phi) is 4.79. The summed E-state index contributed by atoms with van der Waals surface area (Å²) in [7, 11) is 5.06. The van der Waals surface area contributed by atoms with E-state index in [2.05, 4.69) is 4.90 Å². The Bertz CT molecular complexity index is 718. The number of carbonyl (C=O) groups is 3. The monoisotopic (exact) mass is 363 g/mol. The van der Waals surface area contributed by atoms with Crippen molar-refractivity contribution in [2.24, 2.45) is 5.92 Å². The summed E-state index contributed by atoms with van der Waals surface area (Å²) in [5, 5.41) is 9.52. The van der Waals surface area contributed by atoms with Gasteiger partial charge in [-0.1, -0.05) is 0 Å². The second-order valence-corrected chi connectivity index (χ2v) is 7.39. The van der Waals surface area contributed by atoms with E-state index in [1.165, 1.54) is 4.90 Å². The van der Waals surface area contributed by atoms with Gasteiger partial charge in [-0.2, -0.15) is 0 Å². The number of likely N-dealkylation sites (tertiary alicyclic amines) is 2. The fourth-order valence-electron chi connectivity index (χ4n) is 4.10. The number of amides is 2. The van der Waals surface area contributed by atoms with Gasteiger partial charge in [-0.15, -0.1) is 0 Å². The number of hydrogen-bond donors (Lipinski definition) is 1. The average molecular weight is 363 g/mol. The highest BCUT2D eigenvalue weighted by atomic mass is 16.4. The highest BCUT2D eigenvalue weighted by Gasteiger charge is 2.55. The molecule has 2 saturated heterocycles. The van der Waals surface area contributed by atoms with E-state index in [1.807, 2.05) is 0 Å². The Morgan fingerprint density at radius 3 is 2.54 bits per heavy atom. The van der Waals surface area contributed by atoms with Crippen LogP contribution in [0.5, 0.6) is 0 Å². The predicted octanol–water partition coefficient (Wildman–Crippen LogP) is 0.879. The molecule has 1 N–H and O–H groups in total. The van der Waals surface area contributed by atoms with Gasteiger partial charge >= 0.3 is 5.97 Å². The molecular formula is C18H25N3O5. The first-order chi connectivity index (χ1) is 12.2. The molecule has 0 aliphatic carbocycles. The molecule has 8 heteroatoms. The number of carbonyl (C=O) groups excluding carboxylic acids is 2. The van der Waals surface area contributed by atoms with E-state index in [-0.39, 0.29) is 18.2 Å². The Balaban J connectivity index is 1.65. The van der Waals surface area contributed by atoms with Gasteiger partial charge in [0.2, 0.25) is 5.91 Å². The number of hydrogen-bond acceptors (Lipinski definition) is 5. The number of furan rings is 1. The van der Waals surface area contributed by atoms with Crippen molar-refractivity contribution in [3.8, 4) is 0 Å². The molecule has 1 aromatic heterocycles. The van der Waals surface area contributed by atoms with E-state index >= 15 is 0 Å². The molecule has 26 heavy (non-hydrogen) atoms. The first-order valence-corrected chi connectivity index (χ1v) is 8.77. The van der Waals surface area contributed by atoms with E-state index < -0.39 is 17.4 Å². The smallest absolute Gasteiger partial charge is 0.309 e. The van der Waals surface area contributed by atoms with Crippen molar-refractivity contribution in [3.63, 3.8) is 0 Å². The van der Waals surface area contributed by atoms with Crippen LogP contribution in [0.4, 0.5) is 0 Å². The van der Waals surface area contributed by atoms with Crippen LogP contribution in [0.1, 0.15) is 35.6 Å². The third kappa shape index (κ3) is 3.09.